The summed E-state index contributed by atoms with van der Waals surface area (Å²) in [6.45, 7) is 3.37. The van der Waals surface area contributed by atoms with E-state index in [0.717, 1.165) is 4.90 Å². The van der Waals surface area contributed by atoms with Crippen LogP contribution in [-0.2, 0) is 6.42 Å². The van der Waals surface area contributed by atoms with E-state index in [9.17, 15) is 22.0 Å². The molecule has 0 bridgehead atoms. The Morgan fingerprint density at radius 3 is 1.24 bits per heavy atom. The molecule has 0 saturated carbocycles. The lowest BCUT2D eigenvalue weighted by Crippen LogP contribution is -2.22. The van der Waals surface area contributed by atoms with E-state index in [-0.39, 0.29) is 11.4 Å². The van der Waals surface area contributed by atoms with Gasteiger partial charge in [-0.15, -0.1) is 0 Å². The van der Waals surface area contributed by atoms with E-state index >= 15 is 17.6 Å². The molecule has 1 nitrogen and oxygen atoms in total. The smallest absolute Gasteiger partial charge is 0.200 e. The number of rotatable bonds is 2. The highest BCUT2D eigenvalue weighted by Gasteiger charge is 2.37. The van der Waals surface area contributed by atoms with Gasteiger partial charge in [0.2, 0.25) is 5.82 Å². The van der Waals surface area contributed by atoms with Gasteiger partial charge < -0.3 is 4.90 Å². The van der Waals surface area contributed by atoms with E-state index in [1.54, 1.807) is 38.1 Å². The predicted octanol–water partition coefficient (Wildman–Crippen LogP) is 8.60. The molecule has 0 spiro atoms. The molecule has 0 radical (unpaired) electrons. The third-order valence-corrected chi connectivity index (χ3v) is 6.27. The lowest BCUT2D eigenvalue weighted by atomic mass is 9.92. The first-order valence-electron chi connectivity index (χ1n) is 10.8. The van der Waals surface area contributed by atoms with Crippen LogP contribution >= 0.6 is 0 Å². The van der Waals surface area contributed by atoms with Crippen LogP contribution < -0.4 is 4.90 Å². The van der Waals surface area contributed by atoms with Crippen molar-refractivity contribution < 1.29 is 39.5 Å². The monoisotopic (exact) mass is 523 g/mol. The predicted molar refractivity (Wildman–Crippen MR) is 118 cm³/mol. The van der Waals surface area contributed by atoms with Crippen LogP contribution in [-0.4, -0.2) is 0 Å². The van der Waals surface area contributed by atoms with E-state index < -0.39 is 69.2 Å². The Morgan fingerprint density at radius 2 is 0.838 bits per heavy atom. The summed E-state index contributed by atoms with van der Waals surface area (Å²) in [5, 5.41) is 0. The molecule has 1 aliphatic heterocycles. The van der Waals surface area contributed by atoms with Crippen molar-refractivity contribution in [3.8, 4) is 11.1 Å². The summed E-state index contributed by atoms with van der Waals surface area (Å²) < 4.78 is 131. The van der Waals surface area contributed by atoms with Crippen molar-refractivity contribution in [2.45, 2.75) is 20.3 Å². The fourth-order valence-electron chi connectivity index (χ4n) is 4.50. The molecule has 4 aromatic carbocycles. The average molecular weight is 523 g/mol. The summed E-state index contributed by atoms with van der Waals surface area (Å²) >= 11 is 0. The first-order chi connectivity index (χ1) is 17.4. The quantitative estimate of drug-likeness (QED) is 0.127. The summed E-state index contributed by atoms with van der Waals surface area (Å²) in [5.74, 6) is -21.7. The van der Waals surface area contributed by atoms with Gasteiger partial charge >= 0.3 is 0 Å². The number of hydrogen-bond acceptors (Lipinski definition) is 1. The summed E-state index contributed by atoms with van der Waals surface area (Å²) in [6.07, 6.45) is 0.332. The van der Waals surface area contributed by atoms with E-state index in [1.165, 1.54) is 12.1 Å². The summed E-state index contributed by atoms with van der Waals surface area (Å²) in [7, 11) is 0. The van der Waals surface area contributed by atoms with Crippen molar-refractivity contribution in [2.24, 2.45) is 0 Å². The molecule has 1 heterocycles. The number of aryl methyl sites for hydroxylation is 2. The number of benzene rings is 4. The van der Waals surface area contributed by atoms with Gasteiger partial charge in [-0.1, -0.05) is 24.3 Å². The molecule has 0 N–H and O–H groups in total. The largest absolute Gasteiger partial charge is 0.304 e. The topological polar surface area (TPSA) is 3.24 Å². The van der Waals surface area contributed by atoms with Crippen molar-refractivity contribution in [1.82, 2.24) is 0 Å². The van der Waals surface area contributed by atoms with Gasteiger partial charge in [-0.05, 0) is 48.2 Å². The van der Waals surface area contributed by atoms with Gasteiger partial charge in [-0.3, -0.25) is 0 Å². The minimum absolute atomic E-state index is 0.193. The molecule has 0 unspecified atom stereocenters. The molecule has 4 aromatic rings. The second kappa shape index (κ2) is 8.57. The summed E-state index contributed by atoms with van der Waals surface area (Å²) in [5.41, 5.74) is -2.62. The molecule has 1 aliphatic rings. The number of nitrogens with zero attached hydrogens (tertiary/aromatic N) is 1. The highest BCUT2D eigenvalue weighted by Crippen LogP contribution is 2.49. The van der Waals surface area contributed by atoms with Gasteiger partial charge in [0.1, 0.15) is 5.69 Å². The third kappa shape index (κ3) is 3.57. The number of hydrogen-bond donors (Lipinski definition) is 0. The van der Waals surface area contributed by atoms with Crippen molar-refractivity contribution in [3.63, 3.8) is 0 Å². The SMILES string of the molecule is Cc1ccc2c(c1)N(c1c(F)c(F)c(-c3c(F)c(F)c(F)c(F)c3F)c(F)c1F)c1cc(C)ccc1C2. The molecule has 0 saturated heterocycles. The zero-order valence-electron chi connectivity index (χ0n) is 19.0. The highest BCUT2D eigenvalue weighted by molar-refractivity contribution is 5.86. The Bertz CT molecular complexity index is 1520. The van der Waals surface area contributed by atoms with Crippen LogP contribution in [0.5, 0.6) is 0 Å². The zero-order valence-corrected chi connectivity index (χ0v) is 19.0. The van der Waals surface area contributed by atoms with Crippen molar-refractivity contribution >= 4 is 17.1 Å². The molecule has 190 valence electrons. The Hall–Kier alpha value is -3.95. The number of anilines is 3. The molecule has 37 heavy (non-hydrogen) atoms. The molecule has 10 heteroatoms. The zero-order chi connectivity index (χ0) is 26.9. The third-order valence-electron chi connectivity index (χ3n) is 6.27. The second-order valence-corrected chi connectivity index (χ2v) is 8.70. The normalized spacial score (nSPS) is 12.6. The Kier molecular flexibility index (Phi) is 5.73. The maximum absolute atomic E-state index is 15.6. The molecule has 0 amide bonds. The van der Waals surface area contributed by atoms with E-state index in [0.29, 0.717) is 28.7 Å². The standard InChI is InChI=1S/C27H14F9N/c1-10-3-5-12-9-13-6-4-11(2)8-15(13)37(14(12)7-10)27-25(35)20(30)17(21(31)26(27)36)16-18(28)22(32)24(34)23(33)19(16)29/h3-8H,9H2,1-2H3. The average Bonchev–Trinajstić information content (AvgIpc) is 2.87. The highest BCUT2D eigenvalue weighted by atomic mass is 19.2. The fraction of sp³-hybridized carbons (Fsp3) is 0.111. The summed E-state index contributed by atoms with van der Waals surface area (Å²) in [4.78, 5) is 0.938. The molecule has 0 atom stereocenters. The Balaban J connectivity index is 1.86. The van der Waals surface area contributed by atoms with Gasteiger partial charge in [0, 0.05) is 6.42 Å². The molecular weight excluding hydrogens is 509 g/mol. The fourth-order valence-corrected chi connectivity index (χ4v) is 4.50. The maximum atomic E-state index is 15.6. The van der Waals surface area contributed by atoms with Crippen molar-refractivity contribution in [3.05, 3.63) is 111 Å². The first kappa shape index (κ1) is 24.7. The summed E-state index contributed by atoms with van der Waals surface area (Å²) in [6, 6.07) is 9.88. The van der Waals surface area contributed by atoms with Crippen LogP contribution in [0.1, 0.15) is 22.3 Å². The number of fused-ring (bicyclic) bond motifs is 2. The lowest BCUT2D eigenvalue weighted by molar-refractivity contribution is 0.379. The van der Waals surface area contributed by atoms with Crippen LogP contribution in [0, 0.1) is 66.2 Å². The van der Waals surface area contributed by atoms with E-state index in [1.807, 2.05) is 0 Å². The lowest BCUT2D eigenvalue weighted by Gasteiger charge is -2.34. The van der Waals surface area contributed by atoms with Crippen LogP contribution in [0.3, 0.4) is 0 Å². The minimum Gasteiger partial charge on any atom is -0.304 e. The van der Waals surface area contributed by atoms with Crippen LogP contribution in [0.25, 0.3) is 11.1 Å². The molecule has 0 fully saturated rings. The van der Waals surface area contributed by atoms with Crippen molar-refractivity contribution in [1.29, 1.82) is 0 Å². The molecular formula is C27H14F9N. The first-order valence-corrected chi connectivity index (χ1v) is 10.8. The van der Waals surface area contributed by atoms with Crippen LogP contribution in [0.15, 0.2) is 36.4 Å². The van der Waals surface area contributed by atoms with Crippen LogP contribution in [0.2, 0.25) is 0 Å². The van der Waals surface area contributed by atoms with Gasteiger partial charge in [0.25, 0.3) is 0 Å². The second-order valence-electron chi connectivity index (χ2n) is 8.70. The molecule has 5 rings (SSSR count). The molecule has 0 aliphatic carbocycles. The maximum Gasteiger partial charge on any atom is 0.200 e. The van der Waals surface area contributed by atoms with E-state index in [2.05, 4.69) is 0 Å². The van der Waals surface area contributed by atoms with Crippen LogP contribution in [0.4, 0.5) is 56.6 Å². The van der Waals surface area contributed by atoms with Crippen molar-refractivity contribution in [2.75, 3.05) is 4.90 Å². The van der Waals surface area contributed by atoms with Gasteiger partial charge in [-0.25, -0.2) is 39.5 Å². The van der Waals surface area contributed by atoms with Gasteiger partial charge in [0.05, 0.1) is 22.5 Å². The minimum atomic E-state index is -2.61. The van der Waals surface area contributed by atoms with E-state index in [4.69, 9.17) is 0 Å². The Labute approximate surface area is 204 Å². The Morgan fingerprint density at radius 1 is 0.486 bits per heavy atom. The number of halogens is 9. The molecule has 0 aromatic heterocycles. The van der Waals surface area contributed by atoms with Gasteiger partial charge in [0.15, 0.2) is 46.5 Å². The van der Waals surface area contributed by atoms with Gasteiger partial charge in [-0.2, -0.15) is 0 Å².